The summed E-state index contributed by atoms with van der Waals surface area (Å²) in [5, 5.41) is 1.41. The zero-order valence-corrected chi connectivity index (χ0v) is 12.7. The van der Waals surface area contributed by atoms with Crippen LogP contribution in [0, 0.1) is 0 Å². The molecule has 2 heteroatoms. The fourth-order valence-electron chi connectivity index (χ4n) is 2.57. The van der Waals surface area contributed by atoms with E-state index in [2.05, 4.69) is 56.7 Å². The Labute approximate surface area is 116 Å². The number of hydrogen-bond acceptors (Lipinski definition) is 1. The lowest BCUT2D eigenvalue weighted by atomic mass is 9.86. The molecule has 2 aromatic rings. The lowest BCUT2D eigenvalue weighted by Gasteiger charge is -2.19. The zero-order valence-electron chi connectivity index (χ0n) is 12.7. The van der Waals surface area contributed by atoms with Gasteiger partial charge in [0.1, 0.15) is 0 Å². The Balaban J connectivity index is 2.52. The van der Waals surface area contributed by atoms with E-state index >= 15 is 0 Å². The molecule has 2 N–H and O–H groups in total. The Morgan fingerprint density at radius 2 is 1.95 bits per heavy atom. The Bertz CT molecular complexity index is 558. The van der Waals surface area contributed by atoms with E-state index in [1.54, 1.807) is 0 Å². The Kier molecular flexibility index (Phi) is 4.00. The van der Waals surface area contributed by atoms with Gasteiger partial charge in [0.15, 0.2) is 0 Å². The lowest BCUT2D eigenvalue weighted by molar-refractivity contribution is 0.591. The number of rotatable bonds is 4. The minimum absolute atomic E-state index is 0.207. The predicted molar refractivity (Wildman–Crippen MR) is 83.7 cm³/mol. The van der Waals surface area contributed by atoms with Crippen molar-refractivity contribution in [3.8, 4) is 0 Å². The van der Waals surface area contributed by atoms with Crippen molar-refractivity contribution in [1.82, 2.24) is 4.57 Å². The molecule has 0 aliphatic heterocycles. The second kappa shape index (κ2) is 5.38. The van der Waals surface area contributed by atoms with Gasteiger partial charge in [0.2, 0.25) is 0 Å². The minimum Gasteiger partial charge on any atom is -0.347 e. The van der Waals surface area contributed by atoms with E-state index in [0.29, 0.717) is 0 Å². The third kappa shape index (κ3) is 2.84. The van der Waals surface area contributed by atoms with Crippen LogP contribution in [-0.4, -0.2) is 11.1 Å². The van der Waals surface area contributed by atoms with Crippen LogP contribution >= 0.6 is 0 Å². The molecule has 0 aliphatic carbocycles. The fraction of sp³-hybridized carbons (Fsp3) is 0.529. The van der Waals surface area contributed by atoms with E-state index in [4.69, 9.17) is 5.73 Å². The first-order chi connectivity index (χ1) is 8.97. The SMILES string of the molecule is CCc1cn(CCCN)c2ccc(C(C)(C)C)cc12. The van der Waals surface area contributed by atoms with E-state index in [9.17, 15) is 0 Å². The summed E-state index contributed by atoms with van der Waals surface area (Å²) in [6.07, 6.45) is 4.42. The standard InChI is InChI=1S/C17H26N2/c1-5-13-12-19(10-6-9-18)16-8-7-14(11-15(13)16)17(2,3)4/h7-8,11-12H,5-6,9-10,18H2,1-4H3. The van der Waals surface area contributed by atoms with Crippen LogP contribution in [0.4, 0.5) is 0 Å². The number of hydrogen-bond donors (Lipinski definition) is 1. The van der Waals surface area contributed by atoms with Gasteiger partial charge >= 0.3 is 0 Å². The summed E-state index contributed by atoms with van der Waals surface area (Å²) in [6, 6.07) is 6.90. The van der Waals surface area contributed by atoms with Gasteiger partial charge in [-0.25, -0.2) is 0 Å². The van der Waals surface area contributed by atoms with E-state index in [1.165, 1.54) is 22.0 Å². The summed E-state index contributed by atoms with van der Waals surface area (Å²) in [7, 11) is 0. The summed E-state index contributed by atoms with van der Waals surface area (Å²) >= 11 is 0. The molecule has 0 amide bonds. The Hall–Kier alpha value is -1.28. The summed E-state index contributed by atoms with van der Waals surface area (Å²) < 4.78 is 2.35. The van der Waals surface area contributed by atoms with Crippen molar-refractivity contribution in [2.24, 2.45) is 5.73 Å². The maximum atomic E-state index is 5.63. The maximum absolute atomic E-state index is 5.63. The highest BCUT2D eigenvalue weighted by atomic mass is 15.0. The first kappa shape index (κ1) is 14.1. The molecule has 19 heavy (non-hydrogen) atoms. The summed E-state index contributed by atoms with van der Waals surface area (Å²) in [5.41, 5.74) is 10.0. The van der Waals surface area contributed by atoms with Crippen molar-refractivity contribution in [1.29, 1.82) is 0 Å². The fourth-order valence-corrected chi connectivity index (χ4v) is 2.57. The molecule has 0 saturated carbocycles. The minimum atomic E-state index is 0.207. The van der Waals surface area contributed by atoms with E-state index in [1.807, 2.05) is 0 Å². The van der Waals surface area contributed by atoms with Crippen molar-refractivity contribution in [3.63, 3.8) is 0 Å². The van der Waals surface area contributed by atoms with Crippen LogP contribution in [0.1, 0.15) is 45.2 Å². The molecule has 0 aliphatic rings. The second-order valence-corrected chi connectivity index (χ2v) is 6.33. The van der Waals surface area contributed by atoms with Gasteiger partial charge in [0.25, 0.3) is 0 Å². The van der Waals surface area contributed by atoms with Crippen LogP contribution in [0.3, 0.4) is 0 Å². The molecule has 0 radical (unpaired) electrons. The van der Waals surface area contributed by atoms with E-state index < -0.39 is 0 Å². The molecule has 0 spiro atoms. The van der Waals surface area contributed by atoms with Crippen molar-refractivity contribution in [3.05, 3.63) is 35.5 Å². The van der Waals surface area contributed by atoms with Crippen molar-refractivity contribution < 1.29 is 0 Å². The van der Waals surface area contributed by atoms with Gasteiger partial charge in [-0.15, -0.1) is 0 Å². The molecule has 0 unspecified atom stereocenters. The summed E-state index contributed by atoms with van der Waals surface area (Å²) in [5.74, 6) is 0. The molecule has 1 aromatic carbocycles. The van der Waals surface area contributed by atoms with E-state index in [-0.39, 0.29) is 5.41 Å². The Morgan fingerprint density at radius 1 is 1.21 bits per heavy atom. The van der Waals surface area contributed by atoms with Crippen molar-refractivity contribution in [2.45, 2.75) is 52.5 Å². The number of aromatic nitrogens is 1. The van der Waals surface area contributed by atoms with Gasteiger partial charge in [-0.05, 0) is 48.1 Å². The molecule has 1 aromatic heterocycles. The third-order valence-corrected chi connectivity index (χ3v) is 3.81. The van der Waals surface area contributed by atoms with Crippen LogP contribution in [0.15, 0.2) is 24.4 Å². The molecular formula is C17H26N2. The highest BCUT2D eigenvalue weighted by Gasteiger charge is 2.16. The summed E-state index contributed by atoms with van der Waals surface area (Å²) in [4.78, 5) is 0. The average Bonchev–Trinajstić information content (AvgIpc) is 2.72. The quantitative estimate of drug-likeness (QED) is 0.887. The highest BCUT2D eigenvalue weighted by molar-refractivity contribution is 5.85. The molecule has 2 nitrogen and oxygen atoms in total. The second-order valence-electron chi connectivity index (χ2n) is 6.33. The number of benzene rings is 1. The average molecular weight is 258 g/mol. The van der Waals surface area contributed by atoms with Gasteiger partial charge in [0, 0.05) is 23.6 Å². The van der Waals surface area contributed by atoms with Gasteiger partial charge in [-0.3, -0.25) is 0 Å². The van der Waals surface area contributed by atoms with Gasteiger partial charge in [-0.1, -0.05) is 33.8 Å². The first-order valence-corrected chi connectivity index (χ1v) is 7.29. The van der Waals surface area contributed by atoms with Crippen LogP contribution in [0.25, 0.3) is 10.9 Å². The number of nitrogens with two attached hydrogens (primary N) is 1. The monoisotopic (exact) mass is 258 g/mol. The number of fused-ring (bicyclic) bond motifs is 1. The van der Waals surface area contributed by atoms with Gasteiger partial charge < -0.3 is 10.3 Å². The maximum Gasteiger partial charge on any atom is 0.0483 e. The smallest absolute Gasteiger partial charge is 0.0483 e. The zero-order chi connectivity index (χ0) is 14.0. The number of aryl methyl sites for hydroxylation is 2. The molecule has 0 atom stereocenters. The van der Waals surface area contributed by atoms with Crippen LogP contribution < -0.4 is 5.73 Å². The van der Waals surface area contributed by atoms with Gasteiger partial charge in [-0.2, -0.15) is 0 Å². The molecule has 104 valence electrons. The molecule has 0 fully saturated rings. The molecule has 2 rings (SSSR count). The predicted octanol–water partition coefficient (Wildman–Crippen LogP) is 3.85. The van der Waals surface area contributed by atoms with Crippen LogP contribution in [0.5, 0.6) is 0 Å². The molecule has 0 saturated heterocycles. The van der Waals surface area contributed by atoms with Crippen molar-refractivity contribution in [2.75, 3.05) is 6.54 Å². The summed E-state index contributed by atoms with van der Waals surface area (Å²) in [6.45, 7) is 10.8. The van der Waals surface area contributed by atoms with Crippen LogP contribution in [0.2, 0.25) is 0 Å². The normalized spacial score (nSPS) is 12.3. The van der Waals surface area contributed by atoms with Gasteiger partial charge in [0.05, 0.1) is 0 Å². The topological polar surface area (TPSA) is 30.9 Å². The van der Waals surface area contributed by atoms with E-state index in [0.717, 1.165) is 25.9 Å². The number of nitrogens with zero attached hydrogens (tertiary/aromatic N) is 1. The Morgan fingerprint density at radius 3 is 2.53 bits per heavy atom. The third-order valence-electron chi connectivity index (χ3n) is 3.81. The van der Waals surface area contributed by atoms with Crippen molar-refractivity contribution >= 4 is 10.9 Å². The first-order valence-electron chi connectivity index (χ1n) is 7.29. The molecule has 0 bridgehead atoms. The largest absolute Gasteiger partial charge is 0.347 e. The molecule has 1 heterocycles. The highest BCUT2D eigenvalue weighted by Crippen LogP contribution is 2.29. The lowest BCUT2D eigenvalue weighted by Crippen LogP contribution is -2.10. The van der Waals surface area contributed by atoms with Crippen LogP contribution in [-0.2, 0) is 18.4 Å². The molecular weight excluding hydrogens is 232 g/mol.